The van der Waals surface area contributed by atoms with Crippen molar-refractivity contribution < 1.29 is 19.0 Å². The van der Waals surface area contributed by atoms with Crippen LogP contribution in [-0.2, 0) is 0 Å². The number of methoxy groups -OCH3 is 3. The zero-order valence-electron chi connectivity index (χ0n) is 15.3. The van der Waals surface area contributed by atoms with Gasteiger partial charge in [-0.15, -0.1) is 0 Å². The van der Waals surface area contributed by atoms with E-state index in [0.29, 0.717) is 30.2 Å². The number of para-hydroxylation sites is 1. The standard InChI is InChI=1S/C20H24N2O4/c1-24-15-10-14(11-16(12-15)25-2)20(23)22-9-8-21-13-18(22)17-6-4-5-7-19(17)26-3/h4-7,10-12,18,21H,8-9,13H2,1-3H3. The molecule has 6 heteroatoms. The van der Waals surface area contributed by atoms with Gasteiger partial charge in [0, 0.05) is 36.8 Å². The molecule has 1 unspecified atom stereocenters. The van der Waals surface area contributed by atoms with E-state index in [1.54, 1.807) is 39.5 Å². The average molecular weight is 356 g/mol. The Morgan fingerprint density at radius 1 is 1.04 bits per heavy atom. The van der Waals surface area contributed by atoms with E-state index in [0.717, 1.165) is 17.9 Å². The Balaban J connectivity index is 1.96. The first-order valence-corrected chi connectivity index (χ1v) is 8.55. The van der Waals surface area contributed by atoms with E-state index in [1.807, 2.05) is 29.2 Å². The van der Waals surface area contributed by atoms with Crippen molar-refractivity contribution in [3.8, 4) is 17.2 Å². The van der Waals surface area contributed by atoms with E-state index in [9.17, 15) is 4.79 Å². The van der Waals surface area contributed by atoms with Gasteiger partial charge in [-0.3, -0.25) is 4.79 Å². The second-order valence-corrected chi connectivity index (χ2v) is 6.06. The summed E-state index contributed by atoms with van der Waals surface area (Å²) in [6.07, 6.45) is 0. The molecule has 0 bridgehead atoms. The molecule has 138 valence electrons. The first kappa shape index (κ1) is 18.1. The molecule has 1 aliphatic rings. The molecule has 1 saturated heterocycles. The Morgan fingerprint density at radius 2 is 1.73 bits per heavy atom. The van der Waals surface area contributed by atoms with Gasteiger partial charge in [0.1, 0.15) is 17.2 Å². The van der Waals surface area contributed by atoms with Crippen molar-refractivity contribution in [1.82, 2.24) is 10.2 Å². The van der Waals surface area contributed by atoms with Gasteiger partial charge in [0.05, 0.1) is 27.4 Å². The molecule has 3 rings (SSSR count). The van der Waals surface area contributed by atoms with Crippen LogP contribution in [0.4, 0.5) is 0 Å². The average Bonchev–Trinajstić information content (AvgIpc) is 2.72. The number of carbonyl (C=O) groups excluding carboxylic acids is 1. The molecular weight excluding hydrogens is 332 g/mol. The predicted octanol–water partition coefficient (Wildman–Crippen LogP) is 2.50. The van der Waals surface area contributed by atoms with Crippen molar-refractivity contribution in [2.24, 2.45) is 0 Å². The largest absolute Gasteiger partial charge is 0.497 e. The number of hydrogen-bond acceptors (Lipinski definition) is 5. The van der Waals surface area contributed by atoms with Crippen LogP contribution >= 0.6 is 0 Å². The Kier molecular flexibility index (Phi) is 5.63. The maximum atomic E-state index is 13.3. The van der Waals surface area contributed by atoms with E-state index in [-0.39, 0.29) is 11.9 Å². The summed E-state index contributed by atoms with van der Waals surface area (Å²) in [5.74, 6) is 1.91. The second kappa shape index (κ2) is 8.10. The minimum absolute atomic E-state index is 0.0559. The summed E-state index contributed by atoms with van der Waals surface area (Å²) in [4.78, 5) is 15.1. The summed E-state index contributed by atoms with van der Waals surface area (Å²) >= 11 is 0. The summed E-state index contributed by atoms with van der Waals surface area (Å²) in [5, 5.41) is 3.37. The smallest absolute Gasteiger partial charge is 0.254 e. The van der Waals surface area contributed by atoms with E-state index in [2.05, 4.69) is 5.32 Å². The third kappa shape index (κ3) is 3.60. The highest BCUT2D eigenvalue weighted by Crippen LogP contribution is 2.32. The molecule has 1 aliphatic heterocycles. The molecule has 0 radical (unpaired) electrons. The van der Waals surface area contributed by atoms with Crippen molar-refractivity contribution in [3.05, 3.63) is 53.6 Å². The highest BCUT2D eigenvalue weighted by molar-refractivity contribution is 5.95. The molecule has 1 amide bonds. The fourth-order valence-electron chi connectivity index (χ4n) is 3.26. The normalized spacial score (nSPS) is 16.9. The van der Waals surface area contributed by atoms with Gasteiger partial charge in [-0.2, -0.15) is 0 Å². The van der Waals surface area contributed by atoms with Crippen LogP contribution in [0.25, 0.3) is 0 Å². The molecule has 6 nitrogen and oxygen atoms in total. The number of carbonyl (C=O) groups is 1. The minimum atomic E-state index is -0.107. The molecule has 26 heavy (non-hydrogen) atoms. The zero-order chi connectivity index (χ0) is 18.5. The molecule has 1 fully saturated rings. The number of nitrogens with one attached hydrogen (secondary N) is 1. The topological polar surface area (TPSA) is 60.0 Å². The lowest BCUT2D eigenvalue weighted by molar-refractivity contribution is 0.0631. The monoisotopic (exact) mass is 356 g/mol. The van der Waals surface area contributed by atoms with E-state index >= 15 is 0 Å². The lowest BCUT2D eigenvalue weighted by Crippen LogP contribution is -2.48. The van der Waals surface area contributed by atoms with Gasteiger partial charge in [0.2, 0.25) is 0 Å². The molecule has 2 aromatic carbocycles. The van der Waals surface area contributed by atoms with Gasteiger partial charge in [0.25, 0.3) is 5.91 Å². The van der Waals surface area contributed by atoms with Gasteiger partial charge in [0.15, 0.2) is 0 Å². The van der Waals surface area contributed by atoms with Gasteiger partial charge in [-0.25, -0.2) is 0 Å². The first-order chi connectivity index (χ1) is 12.7. The van der Waals surface area contributed by atoms with Gasteiger partial charge < -0.3 is 24.4 Å². The van der Waals surface area contributed by atoms with Gasteiger partial charge in [-0.05, 0) is 18.2 Å². The zero-order valence-corrected chi connectivity index (χ0v) is 15.3. The lowest BCUT2D eigenvalue weighted by atomic mass is 10.0. The molecule has 0 aliphatic carbocycles. The summed E-state index contributed by atoms with van der Waals surface area (Å²) < 4.78 is 16.1. The third-order valence-corrected chi connectivity index (χ3v) is 4.60. The number of benzene rings is 2. The van der Waals surface area contributed by atoms with Crippen molar-refractivity contribution in [1.29, 1.82) is 0 Å². The quantitative estimate of drug-likeness (QED) is 0.892. The van der Waals surface area contributed by atoms with Crippen LogP contribution in [0.5, 0.6) is 17.2 Å². The molecular formula is C20H24N2O4. The van der Waals surface area contributed by atoms with E-state index in [1.165, 1.54) is 0 Å². The number of rotatable bonds is 5. The van der Waals surface area contributed by atoms with Crippen LogP contribution in [0.3, 0.4) is 0 Å². The fourth-order valence-corrected chi connectivity index (χ4v) is 3.26. The molecule has 2 aromatic rings. The lowest BCUT2D eigenvalue weighted by Gasteiger charge is -2.37. The minimum Gasteiger partial charge on any atom is -0.497 e. The summed E-state index contributed by atoms with van der Waals surface area (Å²) in [6, 6.07) is 12.9. The SMILES string of the molecule is COc1cc(OC)cc(C(=O)N2CCNCC2c2ccccc2OC)c1. The molecule has 0 spiro atoms. The first-order valence-electron chi connectivity index (χ1n) is 8.55. The number of hydrogen-bond donors (Lipinski definition) is 1. The van der Waals surface area contributed by atoms with Crippen LogP contribution < -0.4 is 19.5 Å². The Morgan fingerprint density at radius 3 is 2.38 bits per heavy atom. The molecule has 0 saturated carbocycles. The number of nitrogens with zero attached hydrogens (tertiary/aromatic N) is 1. The Bertz CT molecular complexity index is 756. The van der Waals surface area contributed by atoms with Crippen LogP contribution in [0.2, 0.25) is 0 Å². The number of piperazine rings is 1. The fraction of sp³-hybridized carbons (Fsp3) is 0.350. The Hall–Kier alpha value is -2.73. The molecule has 1 heterocycles. The molecule has 0 aromatic heterocycles. The van der Waals surface area contributed by atoms with Crippen LogP contribution in [0.1, 0.15) is 22.0 Å². The van der Waals surface area contributed by atoms with Crippen molar-refractivity contribution >= 4 is 5.91 Å². The maximum Gasteiger partial charge on any atom is 0.254 e. The predicted molar refractivity (Wildman–Crippen MR) is 99.2 cm³/mol. The summed E-state index contributed by atoms with van der Waals surface area (Å²) in [7, 11) is 4.80. The second-order valence-electron chi connectivity index (χ2n) is 6.06. The highest BCUT2D eigenvalue weighted by Gasteiger charge is 2.30. The van der Waals surface area contributed by atoms with E-state index < -0.39 is 0 Å². The number of amides is 1. The summed E-state index contributed by atoms with van der Waals surface area (Å²) in [5.41, 5.74) is 1.54. The van der Waals surface area contributed by atoms with E-state index in [4.69, 9.17) is 14.2 Å². The molecule has 1 N–H and O–H groups in total. The van der Waals surface area contributed by atoms with Gasteiger partial charge >= 0.3 is 0 Å². The Labute approximate surface area is 153 Å². The third-order valence-electron chi connectivity index (χ3n) is 4.60. The molecule has 1 atom stereocenters. The van der Waals surface area contributed by atoms with Gasteiger partial charge in [-0.1, -0.05) is 18.2 Å². The number of ether oxygens (including phenoxy) is 3. The van der Waals surface area contributed by atoms with Crippen molar-refractivity contribution in [2.45, 2.75) is 6.04 Å². The highest BCUT2D eigenvalue weighted by atomic mass is 16.5. The van der Waals surface area contributed by atoms with Crippen LogP contribution in [-0.4, -0.2) is 51.8 Å². The summed E-state index contributed by atoms with van der Waals surface area (Å²) in [6.45, 7) is 2.03. The van der Waals surface area contributed by atoms with Crippen LogP contribution in [0, 0.1) is 0 Å². The van der Waals surface area contributed by atoms with Crippen molar-refractivity contribution in [2.75, 3.05) is 41.0 Å². The van der Waals surface area contributed by atoms with Crippen molar-refractivity contribution in [3.63, 3.8) is 0 Å². The van der Waals surface area contributed by atoms with Crippen LogP contribution in [0.15, 0.2) is 42.5 Å². The maximum absolute atomic E-state index is 13.3.